The molecule has 1 atom stereocenters. The van der Waals surface area contributed by atoms with Gasteiger partial charge in [0, 0.05) is 6.07 Å². The molecule has 5 nitrogen and oxygen atoms in total. The molecule has 1 heterocycles. The molecule has 2 aromatic rings. The first-order valence-corrected chi connectivity index (χ1v) is 8.27. The molecule has 0 fully saturated rings. The summed E-state index contributed by atoms with van der Waals surface area (Å²) in [6, 6.07) is 9.28. The predicted molar refractivity (Wildman–Crippen MR) is 77.9 cm³/mol. The van der Waals surface area contributed by atoms with Crippen molar-refractivity contribution in [2.24, 2.45) is 0 Å². The molecule has 1 aliphatic heterocycles. The first kappa shape index (κ1) is 15.7. The van der Waals surface area contributed by atoms with E-state index in [-0.39, 0.29) is 13.2 Å². The largest absolute Gasteiger partial charge is 0.486 e. The van der Waals surface area contributed by atoms with Gasteiger partial charge in [0.15, 0.2) is 11.5 Å². The molecular formula is C15H13F2NO4S. The van der Waals surface area contributed by atoms with Gasteiger partial charge in [0.2, 0.25) is 10.0 Å². The Morgan fingerprint density at radius 3 is 2.61 bits per heavy atom. The summed E-state index contributed by atoms with van der Waals surface area (Å²) in [6.45, 7) is 0.0545. The van der Waals surface area contributed by atoms with Crippen LogP contribution in [-0.2, 0) is 10.0 Å². The van der Waals surface area contributed by atoms with E-state index in [4.69, 9.17) is 9.47 Å². The molecule has 23 heavy (non-hydrogen) atoms. The zero-order valence-electron chi connectivity index (χ0n) is 11.8. The molecule has 3 rings (SSSR count). The Hall–Kier alpha value is -2.19. The van der Waals surface area contributed by atoms with Crippen LogP contribution in [0.4, 0.5) is 8.78 Å². The van der Waals surface area contributed by atoms with Crippen molar-refractivity contribution in [3.63, 3.8) is 0 Å². The lowest BCUT2D eigenvalue weighted by Gasteiger charge is -2.26. The number of para-hydroxylation sites is 2. The van der Waals surface area contributed by atoms with E-state index in [2.05, 4.69) is 4.72 Å². The number of hydrogen-bond donors (Lipinski definition) is 1. The predicted octanol–water partition coefficient (Wildman–Crippen LogP) is 2.08. The summed E-state index contributed by atoms with van der Waals surface area (Å²) in [7, 11) is -4.11. The van der Waals surface area contributed by atoms with Crippen molar-refractivity contribution in [2.45, 2.75) is 11.0 Å². The van der Waals surface area contributed by atoms with Gasteiger partial charge in [0.25, 0.3) is 0 Å². The second-order valence-corrected chi connectivity index (χ2v) is 6.66. The van der Waals surface area contributed by atoms with Crippen LogP contribution in [-0.4, -0.2) is 27.7 Å². The summed E-state index contributed by atoms with van der Waals surface area (Å²) in [6.07, 6.45) is -0.553. The van der Waals surface area contributed by atoms with Crippen LogP contribution in [0.3, 0.4) is 0 Å². The summed E-state index contributed by atoms with van der Waals surface area (Å²) >= 11 is 0. The van der Waals surface area contributed by atoms with Crippen molar-refractivity contribution in [1.29, 1.82) is 0 Å². The zero-order chi connectivity index (χ0) is 16.4. The number of rotatable bonds is 4. The van der Waals surface area contributed by atoms with Gasteiger partial charge >= 0.3 is 0 Å². The van der Waals surface area contributed by atoms with E-state index in [0.29, 0.717) is 17.6 Å². The molecule has 1 unspecified atom stereocenters. The summed E-state index contributed by atoms with van der Waals surface area (Å²) in [5.41, 5.74) is 0. The van der Waals surface area contributed by atoms with Gasteiger partial charge in [0.05, 0.1) is 6.54 Å². The highest BCUT2D eigenvalue weighted by Crippen LogP contribution is 2.30. The zero-order valence-corrected chi connectivity index (χ0v) is 12.6. The average molecular weight is 341 g/mol. The average Bonchev–Trinajstić information content (AvgIpc) is 2.52. The molecule has 0 aromatic heterocycles. The van der Waals surface area contributed by atoms with Gasteiger partial charge in [-0.1, -0.05) is 12.1 Å². The van der Waals surface area contributed by atoms with Gasteiger partial charge in [-0.05, 0) is 24.3 Å². The minimum atomic E-state index is -4.11. The highest BCUT2D eigenvalue weighted by atomic mass is 32.2. The maximum atomic E-state index is 13.6. The number of hydrogen-bond acceptors (Lipinski definition) is 4. The SMILES string of the molecule is O=S(=O)(NCC1COc2ccccc2O1)c1ccc(F)cc1F. The number of benzene rings is 2. The molecular weight excluding hydrogens is 328 g/mol. The Balaban J connectivity index is 1.68. The third-order valence-corrected chi connectivity index (χ3v) is 4.71. The molecule has 0 amide bonds. The van der Waals surface area contributed by atoms with Gasteiger partial charge in [0.1, 0.15) is 29.2 Å². The van der Waals surface area contributed by atoms with Crippen molar-refractivity contribution in [3.8, 4) is 11.5 Å². The topological polar surface area (TPSA) is 64.6 Å². The number of halogens is 2. The molecule has 0 saturated carbocycles. The number of ether oxygens (including phenoxy) is 2. The van der Waals surface area contributed by atoms with Crippen LogP contribution in [0.25, 0.3) is 0 Å². The molecule has 0 saturated heterocycles. The number of nitrogens with one attached hydrogen (secondary N) is 1. The second kappa shape index (κ2) is 6.13. The van der Waals surface area contributed by atoms with Crippen molar-refractivity contribution in [2.75, 3.05) is 13.2 Å². The monoisotopic (exact) mass is 341 g/mol. The molecule has 8 heteroatoms. The molecule has 0 spiro atoms. The Kier molecular flexibility index (Phi) is 4.18. The lowest BCUT2D eigenvalue weighted by Crippen LogP contribution is -2.40. The molecule has 2 aromatic carbocycles. The maximum absolute atomic E-state index is 13.6. The summed E-state index contributed by atoms with van der Waals surface area (Å²) in [5.74, 6) is -0.905. The summed E-state index contributed by atoms with van der Waals surface area (Å²) < 4.78 is 63.9. The lowest BCUT2D eigenvalue weighted by molar-refractivity contribution is 0.0943. The fourth-order valence-electron chi connectivity index (χ4n) is 2.14. The molecule has 0 radical (unpaired) electrons. The highest BCUT2D eigenvalue weighted by molar-refractivity contribution is 7.89. The summed E-state index contributed by atoms with van der Waals surface area (Å²) in [5, 5.41) is 0. The Labute approximate surface area is 131 Å². The van der Waals surface area contributed by atoms with E-state index in [9.17, 15) is 17.2 Å². The third kappa shape index (κ3) is 3.43. The number of sulfonamides is 1. The summed E-state index contributed by atoms with van der Waals surface area (Å²) in [4.78, 5) is -0.615. The molecule has 1 aliphatic rings. The third-order valence-electron chi connectivity index (χ3n) is 3.25. The van der Waals surface area contributed by atoms with E-state index in [1.54, 1.807) is 24.3 Å². The molecule has 122 valence electrons. The fourth-order valence-corrected chi connectivity index (χ4v) is 3.26. The van der Waals surface area contributed by atoms with E-state index in [1.807, 2.05) is 0 Å². The van der Waals surface area contributed by atoms with Crippen LogP contribution in [0.2, 0.25) is 0 Å². The van der Waals surface area contributed by atoms with E-state index < -0.39 is 32.7 Å². The minimum Gasteiger partial charge on any atom is -0.486 e. The highest BCUT2D eigenvalue weighted by Gasteiger charge is 2.25. The van der Waals surface area contributed by atoms with E-state index >= 15 is 0 Å². The van der Waals surface area contributed by atoms with Gasteiger partial charge in [-0.25, -0.2) is 21.9 Å². The first-order valence-electron chi connectivity index (χ1n) is 6.79. The standard InChI is InChI=1S/C15H13F2NO4S/c16-10-5-6-15(12(17)7-10)23(19,20)18-8-11-9-21-13-3-1-2-4-14(13)22-11/h1-7,11,18H,8-9H2. The minimum absolute atomic E-state index is 0.104. The number of fused-ring (bicyclic) bond motifs is 1. The van der Waals surface area contributed by atoms with Crippen LogP contribution in [0.15, 0.2) is 47.4 Å². The van der Waals surface area contributed by atoms with Crippen molar-refractivity contribution in [3.05, 3.63) is 54.1 Å². The lowest BCUT2D eigenvalue weighted by atomic mass is 10.2. The Morgan fingerprint density at radius 1 is 1.13 bits per heavy atom. The Bertz CT molecular complexity index is 826. The van der Waals surface area contributed by atoms with Crippen LogP contribution in [0.5, 0.6) is 11.5 Å². The van der Waals surface area contributed by atoms with E-state index in [0.717, 1.165) is 12.1 Å². The van der Waals surface area contributed by atoms with E-state index in [1.165, 1.54) is 0 Å². The Morgan fingerprint density at radius 2 is 1.87 bits per heavy atom. The van der Waals surface area contributed by atoms with Crippen LogP contribution in [0, 0.1) is 11.6 Å². The van der Waals surface area contributed by atoms with Crippen LogP contribution < -0.4 is 14.2 Å². The molecule has 0 aliphatic carbocycles. The van der Waals surface area contributed by atoms with Gasteiger partial charge in [-0.2, -0.15) is 0 Å². The van der Waals surface area contributed by atoms with Crippen molar-refractivity contribution >= 4 is 10.0 Å². The molecule has 0 bridgehead atoms. The van der Waals surface area contributed by atoms with Gasteiger partial charge in [-0.3, -0.25) is 0 Å². The van der Waals surface area contributed by atoms with Crippen LogP contribution >= 0.6 is 0 Å². The van der Waals surface area contributed by atoms with Crippen molar-refractivity contribution in [1.82, 2.24) is 4.72 Å². The van der Waals surface area contributed by atoms with Gasteiger partial charge < -0.3 is 9.47 Å². The van der Waals surface area contributed by atoms with Crippen molar-refractivity contribution < 1.29 is 26.7 Å². The first-order chi connectivity index (χ1) is 11.0. The second-order valence-electron chi connectivity index (χ2n) is 4.92. The smallest absolute Gasteiger partial charge is 0.243 e. The maximum Gasteiger partial charge on any atom is 0.243 e. The fraction of sp³-hybridized carbons (Fsp3) is 0.200. The molecule has 1 N–H and O–H groups in total. The normalized spacial score (nSPS) is 17.0. The van der Waals surface area contributed by atoms with Crippen LogP contribution in [0.1, 0.15) is 0 Å². The quantitative estimate of drug-likeness (QED) is 0.925. The van der Waals surface area contributed by atoms with Gasteiger partial charge in [-0.15, -0.1) is 0 Å².